The molecule has 2 N–H and O–H groups in total. The molecule has 5 nitrogen and oxygen atoms in total. The molecule has 0 saturated heterocycles. The Hall–Kier alpha value is -2.69. The highest BCUT2D eigenvalue weighted by molar-refractivity contribution is 5.78. The van der Waals surface area contributed by atoms with Crippen molar-refractivity contribution in [3.05, 3.63) is 60.3 Å². The summed E-state index contributed by atoms with van der Waals surface area (Å²) in [5.41, 5.74) is 7.09. The second-order valence-electron chi connectivity index (χ2n) is 4.61. The zero-order valence-corrected chi connectivity index (χ0v) is 10.9. The van der Waals surface area contributed by atoms with Crippen LogP contribution in [0.2, 0.25) is 0 Å². The van der Waals surface area contributed by atoms with E-state index < -0.39 is 0 Å². The Labute approximate surface area is 116 Å². The number of carbonyl (C=O) groups is 1. The van der Waals surface area contributed by atoms with Crippen molar-refractivity contribution in [3.8, 4) is 0 Å². The quantitative estimate of drug-likeness (QED) is 0.777. The van der Waals surface area contributed by atoms with E-state index in [2.05, 4.69) is 9.97 Å². The van der Waals surface area contributed by atoms with Crippen molar-refractivity contribution in [3.63, 3.8) is 0 Å². The summed E-state index contributed by atoms with van der Waals surface area (Å²) in [6, 6.07) is 12.0. The highest BCUT2D eigenvalue weighted by Gasteiger charge is 2.07. The van der Waals surface area contributed by atoms with E-state index in [1.54, 1.807) is 17.0 Å². The minimum absolute atomic E-state index is 0.142. The van der Waals surface area contributed by atoms with Gasteiger partial charge in [-0.25, -0.2) is 4.98 Å². The summed E-state index contributed by atoms with van der Waals surface area (Å²) in [5, 5.41) is 1.11. The number of nitrogens with zero attached hydrogens (tertiary/aromatic N) is 3. The van der Waals surface area contributed by atoms with Crippen LogP contribution in [0.5, 0.6) is 0 Å². The summed E-state index contributed by atoms with van der Waals surface area (Å²) in [6.07, 6.45) is 3.99. The number of benzene rings is 1. The van der Waals surface area contributed by atoms with E-state index in [0.717, 1.165) is 22.4 Å². The first-order valence-corrected chi connectivity index (χ1v) is 6.35. The lowest BCUT2D eigenvalue weighted by molar-refractivity contribution is -0.118. The van der Waals surface area contributed by atoms with Gasteiger partial charge in [-0.1, -0.05) is 24.3 Å². The Morgan fingerprint density at radius 2 is 2.05 bits per heavy atom. The number of pyridine rings is 1. The number of carbonyl (C=O) groups excluding carboxylic acids is 1. The predicted molar refractivity (Wildman–Crippen MR) is 76.0 cm³/mol. The zero-order chi connectivity index (χ0) is 13.9. The Balaban J connectivity index is 1.89. The molecule has 0 aliphatic heterocycles. The fourth-order valence-corrected chi connectivity index (χ4v) is 2.19. The maximum absolute atomic E-state index is 11.0. The molecule has 2 aromatic heterocycles. The third-order valence-electron chi connectivity index (χ3n) is 3.12. The number of nitrogens with two attached hydrogens (primary N) is 1. The van der Waals surface area contributed by atoms with Crippen LogP contribution >= 0.6 is 0 Å². The van der Waals surface area contributed by atoms with E-state index >= 15 is 0 Å². The molecular formula is C15H14N4O. The van der Waals surface area contributed by atoms with E-state index in [0.29, 0.717) is 6.42 Å². The van der Waals surface area contributed by atoms with Gasteiger partial charge in [0.25, 0.3) is 0 Å². The van der Waals surface area contributed by atoms with Gasteiger partial charge in [0.05, 0.1) is 5.52 Å². The predicted octanol–water partition coefficient (Wildman–Crippen LogP) is 1.51. The zero-order valence-electron chi connectivity index (χ0n) is 10.9. The molecule has 100 valence electrons. The van der Waals surface area contributed by atoms with Crippen molar-refractivity contribution < 1.29 is 4.79 Å². The molecule has 0 unspecified atom stereocenters. The number of fused-ring (bicyclic) bond motifs is 1. The van der Waals surface area contributed by atoms with Crippen LogP contribution < -0.4 is 5.73 Å². The van der Waals surface area contributed by atoms with Gasteiger partial charge in [-0.2, -0.15) is 0 Å². The van der Waals surface area contributed by atoms with Gasteiger partial charge in [0.2, 0.25) is 5.91 Å². The summed E-state index contributed by atoms with van der Waals surface area (Å²) in [5.74, 6) is 0.405. The number of rotatable bonds is 4. The number of imidazole rings is 1. The van der Waals surface area contributed by atoms with E-state index in [1.807, 2.05) is 36.4 Å². The Kier molecular flexibility index (Phi) is 3.16. The third-order valence-corrected chi connectivity index (χ3v) is 3.12. The summed E-state index contributed by atoms with van der Waals surface area (Å²) in [4.78, 5) is 19.9. The Bertz CT molecular complexity index is 763. The Morgan fingerprint density at radius 1 is 1.20 bits per heavy atom. The molecule has 0 saturated carbocycles. The van der Waals surface area contributed by atoms with Crippen LogP contribution in [-0.4, -0.2) is 20.4 Å². The van der Waals surface area contributed by atoms with E-state index in [9.17, 15) is 4.79 Å². The second-order valence-corrected chi connectivity index (χ2v) is 4.61. The molecule has 3 aromatic rings. The maximum atomic E-state index is 11.0. The molecule has 0 atom stereocenters. The maximum Gasteiger partial charge on any atom is 0.237 e. The standard InChI is InChI=1S/C15H14N4O/c16-14(20)10-19-8-7-17-15(19)9-12-6-5-11-3-1-2-4-13(11)18-12/h1-8H,9-10H2,(H2,16,20). The van der Waals surface area contributed by atoms with Crippen molar-refractivity contribution in [1.29, 1.82) is 0 Å². The molecule has 2 heterocycles. The van der Waals surface area contributed by atoms with Crippen LogP contribution in [0.15, 0.2) is 48.8 Å². The monoisotopic (exact) mass is 266 g/mol. The summed E-state index contributed by atoms with van der Waals surface area (Å²) in [7, 11) is 0. The van der Waals surface area contributed by atoms with Gasteiger partial charge in [0, 0.05) is 29.9 Å². The normalized spacial score (nSPS) is 10.8. The second kappa shape index (κ2) is 5.13. The molecular weight excluding hydrogens is 252 g/mol. The molecule has 3 rings (SSSR count). The molecule has 0 fully saturated rings. The van der Waals surface area contributed by atoms with Crippen LogP contribution in [-0.2, 0) is 17.8 Å². The average molecular weight is 266 g/mol. The van der Waals surface area contributed by atoms with Gasteiger partial charge in [-0.3, -0.25) is 9.78 Å². The summed E-state index contributed by atoms with van der Waals surface area (Å²) < 4.78 is 1.75. The number of primary amides is 1. The van der Waals surface area contributed by atoms with Crippen molar-refractivity contribution in [2.24, 2.45) is 5.73 Å². The van der Waals surface area contributed by atoms with Crippen LogP contribution in [0.4, 0.5) is 0 Å². The SMILES string of the molecule is NC(=O)Cn1ccnc1Cc1ccc2ccccc2n1. The van der Waals surface area contributed by atoms with Gasteiger partial charge in [0.1, 0.15) is 12.4 Å². The minimum atomic E-state index is -0.379. The highest BCUT2D eigenvalue weighted by atomic mass is 16.1. The lowest BCUT2D eigenvalue weighted by atomic mass is 10.2. The lowest BCUT2D eigenvalue weighted by Crippen LogP contribution is -2.19. The summed E-state index contributed by atoms with van der Waals surface area (Å²) >= 11 is 0. The first kappa shape index (κ1) is 12.3. The average Bonchev–Trinajstić information content (AvgIpc) is 2.85. The molecule has 0 spiro atoms. The van der Waals surface area contributed by atoms with Crippen molar-refractivity contribution in [2.75, 3.05) is 0 Å². The fraction of sp³-hybridized carbons (Fsp3) is 0.133. The van der Waals surface area contributed by atoms with Gasteiger partial charge in [-0.05, 0) is 12.1 Å². The first-order chi connectivity index (χ1) is 9.72. The topological polar surface area (TPSA) is 73.8 Å². The van der Waals surface area contributed by atoms with Crippen LogP contribution in [0.1, 0.15) is 11.5 Å². The first-order valence-electron chi connectivity index (χ1n) is 6.35. The largest absolute Gasteiger partial charge is 0.368 e. The minimum Gasteiger partial charge on any atom is -0.368 e. The van der Waals surface area contributed by atoms with E-state index in [1.165, 1.54) is 0 Å². The number of aromatic nitrogens is 3. The van der Waals surface area contributed by atoms with Gasteiger partial charge in [0.15, 0.2) is 0 Å². The van der Waals surface area contributed by atoms with Crippen molar-refractivity contribution in [1.82, 2.24) is 14.5 Å². The summed E-state index contributed by atoms with van der Waals surface area (Å²) in [6.45, 7) is 0.142. The molecule has 0 aliphatic rings. The number of amides is 1. The molecule has 0 radical (unpaired) electrons. The van der Waals surface area contributed by atoms with Crippen LogP contribution in [0, 0.1) is 0 Å². The molecule has 1 amide bonds. The van der Waals surface area contributed by atoms with Crippen molar-refractivity contribution in [2.45, 2.75) is 13.0 Å². The highest BCUT2D eigenvalue weighted by Crippen LogP contribution is 2.14. The Morgan fingerprint density at radius 3 is 2.90 bits per heavy atom. The number of hydrogen-bond acceptors (Lipinski definition) is 3. The molecule has 1 aromatic carbocycles. The molecule has 0 aliphatic carbocycles. The smallest absolute Gasteiger partial charge is 0.237 e. The van der Waals surface area contributed by atoms with Gasteiger partial charge >= 0.3 is 0 Å². The van der Waals surface area contributed by atoms with Crippen molar-refractivity contribution >= 4 is 16.8 Å². The molecule has 5 heteroatoms. The lowest BCUT2D eigenvalue weighted by Gasteiger charge is -2.06. The van der Waals surface area contributed by atoms with Crippen LogP contribution in [0.3, 0.4) is 0 Å². The van der Waals surface area contributed by atoms with E-state index in [-0.39, 0.29) is 12.5 Å². The number of hydrogen-bond donors (Lipinski definition) is 1. The van der Waals surface area contributed by atoms with E-state index in [4.69, 9.17) is 5.73 Å². The molecule has 20 heavy (non-hydrogen) atoms. The molecule has 0 bridgehead atoms. The number of para-hydroxylation sites is 1. The fourth-order valence-electron chi connectivity index (χ4n) is 2.19. The van der Waals surface area contributed by atoms with Gasteiger partial charge < -0.3 is 10.3 Å². The van der Waals surface area contributed by atoms with Gasteiger partial charge in [-0.15, -0.1) is 0 Å². The third kappa shape index (κ3) is 2.51. The van der Waals surface area contributed by atoms with Crippen LogP contribution in [0.25, 0.3) is 10.9 Å².